The molecule has 3 rings (SSSR count). The van der Waals surface area contributed by atoms with Gasteiger partial charge >= 0.3 is 0 Å². The lowest BCUT2D eigenvalue weighted by Gasteiger charge is -2.08. The van der Waals surface area contributed by atoms with Gasteiger partial charge in [-0.15, -0.1) is 5.10 Å². The number of aryl methyl sites for hydroxylation is 1. The van der Waals surface area contributed by atoms with Crippen molar-refractivity contribution in [3.63, 3.8) is 0 Å². The average Bonchev–Trinajstić information content (AvgIpc) is 3.14. The zero-order valence-electron chi connectivity index (χ0n) is 10.3. The van der Waals surface area contributed by atoms with Gasteiger partial charge in [-0.25, -0.2) is 4.68 Å². The Kier molecular flexibility index (Phi) is 2.60. The molecule has 0 N–H and O–H groups in total. The van der Waals surface area contributed by atoms with Crippen molar-refractivity contribution in [3.05, 3.63) is 46.8 Å². The standard InChI is InChI=1S/C14H14N4/c1-10-4-2-3-5-12(10)9-18-14(11-6-7-11)13(8-15)16-17-18/h2-5,11H,6-7,9H2,1H3. The average molecular weight is 238 g/mol. The third-order valence-corrected chi connectivity index (χ3v) is 3.42. The molecule has 1 aliphatic carbocycles. The molecule has 0 bridgehead atoms. The second kappa shape index (κ2) is 4.26. The minimum absolute atomic E-state index is 0.485. The molecule has 4 nitrogen and oxygen atoms in total. The van der Waals surface area contributed by atoms with Gasteiger partial charge in [0.2, 0.25) is 0 Å². The van der Waals surface area contributed by atoms with E-state index in [1.807, 2.05) is 16.8 Å². The van der Waals surface area contributed by atoms with Crippen molar-refractivity contribution in [2.24, 2.45) is 0 Å². The molecule has 1 heterocycles. The number of benzene rings is 1. The lowest BCUT2D eigenvalue weighted by molar-refractivity contribution is 0.618. The fourth-order valence-corrected chi connectivity index (χ4v) is 2.23. The SMILES string of the molecule is Cc1ccccc1Cn1nnc(C#N)c1C1CC1. The highest BCUT2D eigenvalue weighted by molar-refractivity contribution is 5.32. The first-order valence-electron chi connectivity index (χ1n) is 6.17. The third-order valence-electron chi connectivity index (χ3n) is 3.42. The van der Waals surface area contributed by atoms with Crippen LogP contribution >= 0.6 is 0 Å². The lowest BCUT2D eigenvalue weighted by atomic mass is 10.1. The highest BCUT2D eigenvalue weighted by atomic mass is 15.4. The van der Waals surface area contributed by atoms with Gasteiger partial charge in [0.25, 0.3) is 0 Å². The minimum Gasteiger partial charge on any atom is -0.243 e. The molecule has 1 saturated carbocycles. The van der Waals surface area contributed by atoms with E-state index >= 15 is 0 Å². The molecule has 18 heavy (non-hydrogen) atoms. The van der Waals surface area contributed by atoms with Gasteiger partial charge in [-0.1, -0.05) is 29.5 Å². The summed E-state index contributed by atoms with van der Waals surface area (Å²) in [7, 11) is 0. The molecule has 0 aliphatic heterocycles. The molecule has 0 atom stereocenters. The van der Waals surface area contributed by atoms with Crippen LogP contribution in [0.2, 0.25) is 0 Å². The van der Waals surface area contributed by atoms with Crippen molar-refractivity contribution >= 4 is 0 Å². The quantitative estimate of drug-likeness (QED) is 0.825. The molecule has 1 aromatic heterocycles. The normalized spacial score (nSPS) is 14.4. The Balaban J connectivity index is 1.96. The Hall–Kier alpha value is -2.15. The van der Waals surface area contributed by atoms with Gasteiger partial charge in [-0.3, -0.25) is 0 Å². The van der Waals surface area contributed by atoms with Gasteiger partial charge < -0.3 is 0 Å². The van der Waals surface area contributed by atoms with Crippen molar-refractivity contribution in [1.29, 1.82) is 5.26 Å². The number of aromatic nitrogens is 3. The maximum atomic E-state index is 9.06. The lowest BCUT2D eigenvalue weighted by Crippen LogP contribution is -2.07. The van der Waals surface area contributed by atoms with Crippen molar-refractivity contribution < 1.29 is 0 Å². The first kappa shape index (κ1) is 11.0. The molecule has 1 fully saturated rings. The summed E-state index contributed by atoms with van der Waals surface area (Å²) < 4.78 is 1.89. The third kappa shape index (κ3) is 1.88. The molecular formula is C14H14N4. The van der Waals surface area contributed by atoms with Crippen molar-refractivity contribution in [3.8, 4) is 6.07 Å². The van der Waals surface area contributed by atoms with Crippen molar-refractivity contribution in [1.82, 2.24) is 15.0 Å². The van der Waals surface area contributed by atoms with Gasteiger partial charge in [0.05, 0.1) is 12.2 Å². The van der Waals surface area contributed by atoms with E-state index in [-0.39, 0.29) is 0 Å². The summed E-state index contributed by atoms with van der Waals surface area (Å²) in [6.45, 7) is 2.79. The van der Waals surface area contributed by atoms with Crippen LogP contribution in [-0.4, -0.2) is 15.0 Å². The Bertz CT molecular complexity index is 617. The molecule has 0 saturated heterocycles. The summed E-state index contributed by atoms with van der Waals surface area (Å²) in [5, 5.41) is 17.2. The molecular weight excluding hydrogens is 224 g/mol. The van der Waals surface area contributed by atoms with Gasteiger partial charge in [0, 0.05) is 5.92 Å². The number of hydrogen-bond donors (Lipinski definition) is 0. The van der Waals surface area contributed by atoms with Crippen LogP contribution in [0.5, 0.6) is 0 Å². The van der Waals surface area contributed by atoms with E-state index in [0.717, 1.165) is 18.5 Å². The van der Waals surface area contributed by atoms with E-state index in [1.165, 1.54) is 11.1 Å². The number of hydrogen-bond acceptors (Lipinski definition) is 3. The van der Waals surface area contributed by atoms with Crippen LogP contribution in [0.4, 0.5) is 0 Å². The van der Waals surface area contributed by atoms with E-state index in [4.69, 9.17) is 5.26 Å². The maximum absolute atomic E-state index is 9.06. The first-order valence-corrected chi connectivity index (χ1v) is 6.17. The maximum Gasteiger partial charge on any atom is 0.186 e. The van der Waals surface area contributed by atoms with Gasteiger partial charge in [0.1, 0.15) is 6.07 Å². The zero-order chi connectivity index (χ0) is 12.5. The van der Waals surface area contributed by atoms with Crippen LogP contribution in [0.25, 0.3) is 0 Å². The van der Waals surface area contributed by atoms with E-state index < -0.39 is 0 Å². The monoisotopic (exact) mass is 238 g/mol. The Labute approximate surface area is 106 Å². The molecule has 0 spiro atoms. The van der Waals surface area contributed by atoms with Crippen molar-refractivity contribution in [2.45, 2.75) is 32.2 Å². The van der Waals surface area contributed by atoms with E-state index in [0.29, 0.717) is 18.2 Å². The van der Waals surface area contributed by atoms with Crippen LogP contribution < -0.4 is 0 Å². The molecule has 2 aromatic rings. The van der Waals surface area contributed by atoms with Gasteiger partial charge in [-0.05, 0) is 30.9 Å². The predicted molar refractivity (Wildman–Crippen MR) is 67.0 cm³/mol. The summed E-state index contributed by atoms with van der Waals surface area (Å²) in [5.41, 5.74) is 3.98. The fourth-order valence-electron chi connectivity index (χ4n) is 2.23. The summed E-state index contributed by atoms with van der Waals surface area (Å²) in [6.07, 6.45) is 2.30. The highest BCUT2D eigenvalue weighted by Crippen LogP contribution is 2.41. The van der Waals surface area contributed by atoms with Gasteiger partial charge in [0.15, 0.2) is 5.69 Å². The fraction of sp³-hybridized carbons (Fsp3) is 0.357. The summed E-state index contributed by atoms with van der Waals surface area (Å²) >= 11 is 0. The second-order valence-electron chi connectivity index (χ2n) is 4.79. The first-order chi connectivity index (χ1) is 8.79. The highest BCUT2D eigenvalue weighted by Gasteiger charge is 2.31. The summed E-state index contributed by atoms with van der Waals surface area (Å²) in [4.78, 5) is 0. The Morgan fingerprint density at radius 3 is 2.83 bits per heavy atom. The van der Waals surface area contributed by atoms with E-state index in [9.17, 15) is 0 Å². The summed E-state index contributed by atoms with van der Waals surface area (Å²) in [6, 6.07) is 10.4. The molecule has 0 radical (unpaired) electrons. The second-order valence-corrected chi connectivity index (χ2v) is 4.79. The van der Waals surface area contributed by atoms with Crippen LogP contribution in [-0.2, 0) is 6.54 Å². The Morgan fingerprint density at radius 2 is 2.17 bits per heavy atom. The van der Waals surface area contributed by atoms with Gasteiger partial charge in [-0.2, -0.15) is 5.26 Å². The Morgan fingerprint density at radius 1 is 1.39 bits per heavy atom. The number of nitrogens with zero attached hydrogens (tertiary/aromatic N) is 4. The zero-order valence-corrected chi connectivity index (χ0v) is 10.3. The van der Waals surface area contributed by atoms with Crippen LogP contribution in [0.1, 0.15) is 41.3 Å². The molecule has 0 amide bonds. The number of nitriles is 1. The molecule has 90 valence electrons. The topological polar surface area (TPSA) is 54.5 Å². The van der Waals surface area contributed by atoms with Crippen molar-refractivity contribution in [2.75, 3.05) is 0 Å². The minimum atomic E-state index is 0.485. The molecule has 0 unspecified atom stereocenters. The van der Waals surface area contributed by atoms with E-state index in [1.54, 1.807) is 0 Å². The predicted octanol–water partition coefficient (Wildman–Crippen LogP) is 2.38. The van der Waals surface area contributed by atoms with E-state index in [2.05, 4.69) is 35.4 Å². The van der Waals surface area contributed by atoms with Crippen LogP contribution in [0.3, 0.4) is 0 Å². The molecule has 1 aromatic carbocycles. The smallest absolute Gasteiger partial charge is 0.186 e. The molecule has 4 heteroatoms. The summed E-state index contributed by atoms with van der Waals surface area (Å²) in [5.74, 6) is 0.485. The molecule has 1 aliphatic rings. The number of rotatable bonds is 3. The largest absolute Gasteiger partial charge is 0.243 e. The van der Waals surface area contributed by atoms with Crippen LogP contribution in [0.15, 0.2) is 24.3 Å². The van der Waals surface area contributed by atoms with Crippen LogP contribution in [0, 0.1) is 18.3 Å².